The number of ether oxygens (including phenoxy) is 2. The standard InChI is InChI=1S/C14H18N2O2S/c1-10-14(19-9-16-10)13(15)11-5-3-4-6-12(11)18-8-7-17-2/h3-6,9,13H,7-8,15H2,1-2H3. The van der Waals surface area contributed by atoms with Gasteiger partial charge in [0.25, 0.3) is 0 Å². The van der Waals surface area contributed by atoms with Crippen molar-refractivity contribution in [1.82, 2.24) is 4.98 Å². The fraction of sp³-hybridized carbons (Fsp3) is 0.357. The molecule has 0 spiro atoms. The van der Waals surface area contributed by atoms with Crippen LogP contribution in [0.3, 0.4) is 0 Å². The number of aromatic nitrogens is 1. The summed E-state index contributed by atoms with van der Waals surface area (Å²) < 4.78 is 10.7. The first kappa shape index (κ1) is 14.0. The van der Waals surface area contributed by atoms with Gasteiger partial charge in [0.1, 0.15) is 12.4 Å². The van der Waals surface area contributed by atoms with E-state index in [1.807, 2.05) is 36.7 Å². The highest BCUT2D eigenvalue weighted by Crippen LogP contribution is 2.31. The van der Waals surface area contributed by atoms with Gasteiger partial charge in [0, 0.05) is 17.6 Å². The van der Waals surface area contributed by atoms with Gasteiger partial charge in [-0.2, -0.15) is 0 Å². The fourth-order valence-electron chi connectivity index (χ4n) is 1.85. The molecule has 2 N–H and O–H groups in total. The Morgan fingerprint density at radius 3 is 2.79 bits per heavy atom. The van der Waals surface area contributed by atoms with Crippen molar-refractivity contribution in [2.75, 3.05) is 20.3 Å². The molecule has 1 unspecified atom stereocenters. The number of benzene rings is 1. The van der Waals surface area contributed by atoms with Crippen molar-refractivity contribution in [3.8, 4) is 5.75 Å². The van der Waals surface area contributed by atoms with Crippen molar-refractivity contribution in [2.24, 2.45) is 5.73 Å². The molecule has 1 heterocycles. The Morgan fingerprint density at radius 2 is 2.11 bits per heavy atom. The Kier molecular flexibility index (Phi) is 4.90. The number of rotatable bonds is 6. The minimum atomic E-state index is -0.203. The van der Waals surface area contributed by atoms with E-state index in [0.717, 1.165) is 21.9 Å². The number of methoxy groups -OCH3 is 1. The summed E-state index contributed by atoms with van der Waals surface area (Å²) >= 11 is 1.57. The Bertz CT molecular complexity index is 528. The molecule has 2 aromatic rings. The molecule has 1 atom stereocenters. The van der Waals surface area contributed by atoms with E-state index in [-0.39, 0.29) is 6.04 Å². The summed E-state index contributed by atoms with van der Waals surface area (Å²) in [4.78, 5) is 5.32. The van der Waals surface area contributed by atoms with Crippen LogP contribution in [0, 0.1) is 6.92 Å². The van der Waals surface area contributed by atoms with E-state index in [4.69, 9.17) is 15.2 Å². The number of hydrogen-bond donors (Lipinski definition) is 1. The Labute approximate surface area is 117 Å². The van der Waals surface area contributed by atoms with Crippen molar-refractivity contribution >= 4 is 11.3 Å². The molecule has 0 aliphatic carbocycles. The summed E-state index contributed by atoms with van der Waals surface area (Å²) in [5.74, 6) is 0.805. The van der Waals surface area contributed by atoms with E-state index >= 15 is 0 Å². The molecule has 19 heavy (non-hydrogen) atoms. The van der Waals surface area contributed by atoms with Crippen LogP contribution in [-0.2, 0) is 4.74 Å². The first-order chi connectivity index (χ1) is 9.24. The van der Waals surface area contributed by atoms with Crippen molar-refractivity contribution in [1.29, 1.82) is 0 Å². The summed E-state index contributed by atoms with van der Waals surface area (Å²) in [7, 11) is 1.65. The van der Waals surface area contributed by atoms with Crippen LogP contribution >= 0.6 is 11.3 Å². The minimum Gasteiger partial charge on any atom is -0.491 e. The lowest BCUT2D eigenvalue weighted by molar-refractivity contribution is 0.145. The fourth-order valence-corrected chi connectivity index (χ4v) is 2.68. The first-order valence-electron chi connectivity index (χ1n) is 6.10. The van der Waals surface area contributed by atoms with Gasteiger partial charge >= 0.3 is 0 Å². The van der Waals surface area contributed by atoms with Crippen molar-refractivity contribution in [3.63, 3.8) is 0 Å². The lowest BCUT2D eigenvalue weighted by atomic mass is 10.0. The maximum absolute atomic E-state index is 6.33. The Balaban J connectivity index is 2.21. The van der Waals surface area contributed by atoms with Gasteiger partial charge in [-0.25, -0.2) is 4.98 Å². The van der Waals surface area contributed by atoms with Gasteiger partial charge in [0.05, 0.1) is 23.9 Å². The summed E-state index contributed by atoms with van der Waals surface area (Å²) in [6, 6.07) is 7.63. The first-order valence-corrected chi connectivity index (χ1v) is 6.98. The van der Waals surface area contributed by atoms with E-state index in [1.54, 1.807) is 18.4 Å². The topological polar surface area (TPSA) is 57.4 Å². The second-order valence-corrected chi connectivity index (χ2v) is 5.05. The molecule has 0 fully saturated rings. The average molecular weight is 278 g/mol. The van der Waals surface area contributed by atoms with Gasteiger partial charge in [-0.05, 0) is 13.0 Å². The van der Waals surface area contributed by atoms with Crippen LogP contribution in [0.1, 0.15) is 22.2 Å². The summed E-state index contributed by atoms with van der Waals surface area (Å²) in [5.41, 5.74) is 10.1. The van der Waals surface area contributed by atoms with Gasteiger partial charge in [-0.1, -0.05) is 18.2 Å². The van der Waals surface area contributed by atoms with E-state index in [1.165, 1.54) is 0 Å². The van der Waals surface area contributed by atoms with E-state index in [0.29, 0.717) is 13.2 Å². The largest absolute Gasteiger partial charge is 0.491 e. The second kappa shape index (κ2) is 6.65. The molecule has 0 amide bonds. The van der Waals surface area contributed by atoms with Crippen LogP contribution in [0.4, 0.5) is 0 Å². The third-order valence-electron chi connectivity index (χ3n) is 2.86. The third-order valence-corrected chi connectivity index (χ3v) is 3.88. The number of para-hydroxylation sites is 1. The predicted octanol–water partition coefficient (Wildman–Crippen LogP) is 2.52. The molecular weight excluding hydrogens is 260 g/mol. The minimum absolute atomic E-state index is 0.203. The molecule has 0 aliphatic rings. The molecule has 0 aliphatic heterocycles. The third kappa shape index (κ3) is 3.32. The number of hydrogen-bond acceptors (Lipinski definition) is 5. The van der Waals surface area contributed by atoms with E-state index in [2.05, 4.69) is 4.98 Å². The zero-order valence-electron chi connectivity index (χ0n) is 11.1. The van der Waals surface area contributed by atoms with E-state index in [9.17, 15) is 0 Å². The van der Waals surface area contributed by atoms with Gasteiger partial charge in [-0.3, -0.25) is 0 Å². The quantitative estimate of drug-likeness (QED) is 0.825. The van der Waals surface area contributed by atoms with Crippen LogP contribution in [0.2, 0.25) is 0 Å². The zero-order valence-corrected chi connectivity index (χ0v) is 11.9. The van der Waals surface area contributed by atoms with Crippen LogP contribution in [0.15, 0.2) is 29.8 Å². The summed E-state index contributed by atoms with van der Waals surface area (Å²) in [6.45, 7) is 3.05. The average Bonchev–Trinajstić information content (AvgIpc) is 2.85. The lowest BCUT2D eigenvalue weighted by Crippen LogP contribution is -2.14. The van der Waals surface area contributed by atoms with Crippen molar-refractivity contribution in [2.45, 2.75) is 13.0 Å². The highest BCUT2D eigenvalue weighted by Gasteiger charge is 2.17. The molecule has 0 radical (unpaired) electrons. The molecule has 0 saturated heterocycles. The molecule has 0 bridgehead atoms. The molecular formula is C14H18N2O2S. The molecule has 4 nitrogen and oxygen atoms in total. The molecule has 0 saturated carbocycles. The number of aryl methyl sites for hydroxylation is 1. The van der Waals surface area contributed by atoms with E-state index < -0.39 is 0 Å². The van der Waals surface area contributed by atoms with Gasteiger partial charge in [0.2, 0.25) is 0 Å². The molecule has 1 aromatic carbocycles. The van der Waals surface area contributed by atoms with Gasteiger partial charge < -0.3 is 15.2 Å². The van der Waals surface area contributed by atoms with Crippen LogP contribution in [0.25, 0.3) is 0 Å². The molecule has 102 valence electrons. The van der Waals surface area contributed by atoms with Gasteiger partial charge in [-0.15, -0.1) is 11.3 Å². The Hall–Kier alpha value is -1.43. The maximum atomic E-state index is 6.33. The van der Waals surface area contributed by atoms with Crippen molar-refractivity contribution < 1.29 is 9.47 Å². The molecule has 1 aromatic heterocycles. The Morgan fingerprint density at radius 1 is 1.32 bits per heavy atom. The number of thiazole rings is 1. The number of nitrogens with zero attached hydrogens (tertiary/aromatic N) is 1. The SMILES string of the molecule is COCCOc1ccccc1C(N)c1scnc1C. The lowest BCUT2D eigenvalue weighted by Gasteiger charge is -2.16. The molecule has 5 heteroatoms. The monoisotopic (exact) mass is 278 g/mol. The van der Waals surface area contributed by atoms with Crippen LogP contribution in [-0.4, -0.2) is 25.3 Å². The maximum Gasteiger partial charge on any atom is 0.124 e. The van der Waals surface area contributed by atoms with Crippen LogP contribution < -0.4 is 10.5 Å². The molecule has 2 rings (SSSR count). The number of nitrogens with two attached hydrogens (primary N) is 1. The van der Waals surface area contributed by atoms with Gasteiger partial charge in [0.15, 0.2) is 0 Å². The summed E-state index contributed by atoms with van der Waals surface area (Å²) in [5, 5.41) is 0. The highest BCUT2D eigenvalue weighted by molar-refractivity contribution is 7.09. The van der Waals surface area contributed by atoms with Crippen molar-refractivity contribution in [3.05, 3.63) is 45.9 Å². The summed E-state index contributed by atoms with van der Waals surface area (Å²) in [6.07, 6.45) is 0. The smallest absolute Gasteiger partial charge is 0.124 e. The predicted molar refractivity (Wildman–Crippen MR) is 76.7 cm³/mol. The highest BCUT2D eigenvalue weighted by atomic mass is 32.1. The second-order valence-electron chi connectivity index (χ2n) is 4.16. The van der Waals surface area contributed by atoms with Crippen LogP contribution in [0.5, 0.6) is 5.75 Å². The normalized spacial score (nSPS) is 12.4. The zero-order chi connectivity index (χ0) is 13.7.